The molecule has 0 saturated carbocycles. The van der Waals surface area contributed by atoms with Gasteiger partial charge in [0.25, 0.3) is 5.69 Å². The number of sulfonamides is 1. The summed E-state index contributed by atoms with van der Waals surface area (Å²) >= 11 is 0. The van der Waals surface area contributed by atoms with Crippen molar-refractivity contribution in [3.8, 4) is 0 Å². The van der Waals surface area contributed by atoms with E-state index in [1.807, 2.05) is 20.8 Å². The number of nitro groups is 1. The van der Waals surface area contributed by atoms with Crippen LogP contribution in [0.3, 0.4) is 0 Å². The fraction of sp³-hybridized carbons (Fsp3) is 0.588. The SMILES string of the molecule is CC(C)(C)NC(=O)N1CCC(CNS(=O)(=O)c2ccccc2[N+](=O)[O-])CC1. The van der Waals surface area contributed by atoms with Gasteiger partial charge in [-0.05, 0) is 45.6 Å². The number of likely N-dealkylation sites (tertiary alicyclic amines) is 1. The fourth-order valence-corrected chi connectivity index (χ4v) is 4.17. The number of hydrogen-bond donors (Lipinski definition) is 2. The number of piperidine rings is 1. The van der Waals surface area contributed by atoms with Gasteiger partial charge in [-0.1, -0.05) is 12.1 Å². The van der Waals surface area contributed by atoms with Gasteiger partial charge in [0.2, 0.25) is 10.0 Å². The number of para-hydroxylation sites is 1. The molecule has 27 heavy (non-hydrogen) atoms. The molecule has 0 aliphatic carbocycles. The van der Waals surface area contributed by atoms with Crippen LogP contribution in [0, 0.1) is 16.0 Å². The lowest BCUT2D eigenvalue weighted by atomic mass is 9.97. The molecule has 0 unspecified atom stereocenters. The number of urea groups is 1. The Labute approximate surface area is 159 Å². The van der Waals surface area contributed by atoms with Crippen LogP contribution in [0.25, 0.3) is 0 Å². The van der Waals surface area contributed by atoms with Crippen LogP contribution in [0.5, 0.6) is 0 Å². The van der Waals surface area contributed by atoms with E-state index in [0.29, 0.717) is 25.9 Å². The third kappa shape index (κ3) is 5.90. The van der Waals surface area contributed by atoms with Crippen molar-refractivity contribution >= 4 is 21.7 Å². The number of amides is 2. The Morgan fingerprint density at radius 2 is 1.85 bits per heavy atom. The second kappa shape index (κ2) is 8.22. The molecule has 2 rings (SSSR count). The minimum Gasteiger partial charge on any atom is -0.333 e. The molecule has 0 radical (unpaired) electrons. The highest BCUT2D eigenvalue weighted by Crippen LogP contribution is 2.23. The standard InChI is InChI=1S/C17H26N4O5S/c1-17(2,3)19-16(22)20-10-8-13(9-11-20)12-18-27(25,26)15-7-5-4-6-14(15)21(23)24/h4-7,13,18H,8-12H2,1-3H3,(H,19,22). The summed E-state index contributed by atoms with van der Waals surface area (Å²) in [5, 5.41) is 14.0. The summed E-state index contributed by atoms with van der Waals surface area (Å²) in [6.07, 6.45) is 1.33. The normalized spacial score (nSPS) is 16.2. The lowest BCUT2D eigenvalue weighted by molar-refractivity contribution is -0.387. The van der Waals surface area contributed by atoms with Gasteiger partial charge in [-0.25, -0.2) is 17.9 Å². The zero-order chi connectivity index (χ0) is 20.2. The van der Waals surface area contributed by atoms with Gasteiger partial charge in [-0.2, -0.15) is 0 Å². The summed E-state index contributed by atoms with van der Waals surface area (Å²) in [6.45, 7) is 7.00. The molecule has 0 atom stereocenters. The fourth-order valence-electron chi connectivity index (χ4n) is 2.88. The van der Waals surface area contributed by atoms with Crippen molar-refractivity contribution in [1.29, 1.82) is 0 Å². The zero-order valence-electron chi connectivity index (χ0n) is 15.8. The first-order chi connectivity index (χ1) is 12.5. The van der Waals surface area contributed by atoms with Gasteiger partial charge >= 0.3 is 6.03 Å². The molecule has 9 nitrogen and oxygen atoms in total. The molecular weight excluding hydrogens is 372 g/mol. The highest BCUT2D eigenvalue weighted by molar-refractivity contribution is 7.89. The van der Waals surface area contributed by atoms with Gasteiger partial charge in [0.05, 0.1) is 4.92 Å². The van der Waals surface area contributed by atoms with Crippen LogP contribution >= 0.6 is 0 Å². The largest absolute Gasteiger partial charge is 0.333 e. The van der Waals surface area contributed by atoms with Gasteiger partial charge in [0.1, 0.15) is 0 Å². The van der Waals surface area contributed by atoms with Crippen LogP contribution in [-0.4, -0.2) is 49.4 Å². The molecule has 1 aliphatic rings. The number of nitrogens with one attached hydrogen (secondary N) is 2. The Balaban J connectivity index is 1.91. The summed E-state index contributed by atoms with van der Waals surface area (Å²) < 4.78 is 27.3. The van der Waals surface area contributed by atoms with Crippen molar-refractivity contribution in [3.63, 3.8) is 0 Å². The molecule has 0 bridgehead atoms. The first kappa shape index (κ1) is 21.1. The van der Waals surface area contributed by atoms with Crippen LogP contribution in [-0.2, 0) is 10.0 Å². The highest BCUT2D eigenvalue weighted by Gasteiger charge is 2.28. The maximum atomic E-state index is 12.4. The number of benzene rings is 1. The first-order valence-electron chi connectivity index (χ1n) is 8.80. The second-order valence-corrected chi connectivity index (χ2v) is 9.42. The van der Waals surface area contributed by atoms with Crippen LogP contribution in [0.4, 0.5) is 10.5 Å². The molecule has 0 spiro atoms. The molecule has 1 aliphatic heterocycles. The summed E-state index contributed by atoms with van der Waals surface area (Å²) in [7, 11) is -3.97. The number of carbonyl (C=O) groups excluding carboxylic acids is 1. The van der Waals surface area contributed by atoms with Crippen molar-refractivity contribution < 1.29 is 18.1 Å². The average Bonchev–Trinajstić information content (AvgIpc) is 2.59. The number of nitrogens with zero attached hydrogens (tertiary/aromatic N) is 2. The predicted octanol–water partition coefficient (Wildman–Crippen LogP) is 2.09. The second-order valence-electron chi connectivity index (χ2n) is 7.69. The van der Waals surface area contributed by atoms with Crippen molar-refractivity contribution in [2.75, 3.05) is 19.6 Å². The summed E-state index contributed by atoms with van der Waals surface area (Å²) in [5.74, 6) is 0.0706. The molecule has 1 saturated heterocycles. The van der Waals surface area contributed by atoms with E-state index in [4.69, 9.17) is 0 Å². The van der Waals surface area contributed by atoms with Crippen molar-refractivity contribution in [3.05, 3.63) is 34.4 Å². The lowest BCUT2D eigenvalue weighted by Gasteiger charge is -2.34. The van der Waals surface area contributed by atoms with Crippen molar-refractivity contribution in [2.45, 2.75) is 44.0 Å². The predicted molar refractivity (Wildman–Crippen MR) is 101 cm³/mol. The van der Waals surface area contributed by atoms with E-state index >= 15 is 0 Å². The van der Waals surface area contributed by atoms with E-state index in [1.54, 1.807) is 4.90 Å². The maximum Gasteiger partial charge on any atom is 0.317 e. The molecule has 10 heteroatoms. The zero-order valence-corrected chi connectivity index (χ0v) is 16.6. The smallest absolute Gasteiger partial charge is 0.317 e. The Bertz CT molecular complexity index is 796. The molecule has 1 heterocycles. The van der Waals surface area contributed by atoms with Crippen LogP contribution in [0.15, 0.2) is 29.2 Å². The van der Waals surface area contributed by atoms with E-state index in [2.05, 4.69) is 10.0 Å². The van der Waals surface area contributed by atoms with Gasteiger partial charge in [0, 0.05) is 31.2 Å². The van der Waals surface area contributed by atoms with Gasteiger partial charge in [-0.3, -0.25) is 10.1 Å². The molecule has 1 fully saturated rings. The minimum atomic E-state index is -3.97. The third-order valence-electron chi connectivity index (χ3n) is 4.30. The van der Waals surface area contributed by atoms with E-state index in [1.165, 1.54) is 24.3 Å². The molecule has 1 aromatic rings. The highest BCUT2D eigenvalue weighted by atomic mass is 32.2. The van der Waals surface area contributed by atoms with Gasteiger partial charge in [-0.15, -0.1) is 0 Å². The first-order valence-corrected chi connectivity index (χ1v) is 10.3. The van der Waals surface area contributed by atoms with Crippen LogP contribution < -0.4 is 10.0 Å². The number of rotatable bonds is 5. The topological polar surface area (TPSA) is 122 Å². The molecule has 2 N–H and O–H groups in total. The van der Waals surface area contributed by atoms with Crippen molar-refractivity contribution in [2.24, 2.45) is 5.92 Å². The Morgan fingerprint density at radius 3 is 2.41 bits per heavy atom. The Kier molecular flexibility index (Phi) is 6.42. The molecule has 0 aromatic heterocycles. The van der Waals surface area contributed by atoms with Crippen molar-refractivity contribution in [1.82, 2.24) is 14.9 Å². The minimum absolute atomic E-state index is 0.0706. The summed E-state index contributed by atoms with van der Waals surface area (Å²) in [5.41, 5.74) is -0.757. The van der Waals surface area contributed by atoms with Gasteiger partial charge < -0.3 is 10.2 Å². The monoisotopic (exact) mass is 398 g/mol. The number of nitro benzene ring substituents is 1. The Morgan fingerprint density at radius 1 is 1.26 bits per heavy atom. The van der Waals surface area contributed by atoms with Crippen LogP contribution in [0.1, 0.15) is 33.6 Å². The lowest BCUT2D eigenvalue weighted by Crippen LogP contribution is -2.51. The van der Waals surface area contributed by atoms with E-state index in [-0.39, 0.29) is 28.9 Å². The van der Waals surface area contributed by atoms with E-state index in [9.17, 15) is 23.3 Å². The molecular formula is C17H26N4O5S. The van der Waals surface area contributed by atoms with E-state index < -0.39 is 20.6 Å². The quantitative estimate of drug-likeness (QED) is 0.581. The Hall–Kier alpha value is -2.20. The summed E-state index contributed by atoms with van der Waals surface area (Å²) in [4.78, 5) is 23.9. The number of carbonyl (C=O) groups is 1. The molecule has 150 valence electrons. The number of hydrogen-bond acceptors (Lipinski definition) is 5. The maximum absolute atomic E-state index is 12.4. The molecule has 1 aromatic carbocycles. The molecule has 2 amide bonds. The van der Waals surface area contributed by atoms with Crippen LogP contribution in [0.2, 0.25) is 0 Å². The third-order valence-corrected chi connectivity index (χ3v) is 5.77. The average molecular weight is 398 g/mol. The summed E-state index contributed by atoms with van der Waals surface area (Å²) in [6, 6.07) is 5.14. The van der Waals surface area contributed by atoms with Gasteiger partial charge in [0.15, 0.2) is 4.90 Å². The van der Waals surface area contributed by atoms with E-state index in [0.717, 1.165) is 0 Å².